The van der Waals surface area contributed by atoms with Crippen LogP contribution in [0.25, 0.3) is 0 Å². The maximum atomic E-state index is 13.6. The zero-order valence-electron chi connectivity index (χ0n) is 10.9. The van der Waals surface area contributed by atoms with Crippen molar-refractivity contribution in [2.24, 2.45) is 0 Å². The van der Waals surface area contributed by atoms with Gasteiger partial charge in [0.1, 0.15) is 5.82 Å². The molecule has 20 heavy (non-hydrogen) atoms. The number of aromatic carboxylic acids is 1. The van der Waals surface area contributed by atoms with E-state index in [2.05, 4.69) is 0 Å². The van der Waals surface area contributed by atoms with Crippen molar-refractivity contribution < 1.29 is 22.7 Å². The molecule has 110 valence electrons. The molecule has 1 aromatic rings. The highest BCUT2D eigenvalue weighted by molar-refractivity contribution is 7.88. The molecule has 1 aliphatic heterocycles. The number of anilines is 1. The smallest absolute Gasteiger partial charge is 0.338 e. The molecule has 0 spiro atoms. The second kappa shape index (κ2) is 5.37. The largest absolute Gasteiger partial charge is 0.478 e. The highest BCUT2D eigenvalue weighted by atomic mass is 32.2. The van der Waals surface area contributed by atoms with Gasteiger partial charge in [0.15, 0.2) is 0 Å². The third kappa shape index (κ3) is 3.07. The summed E-state index contributed by atoms with van der Waals surface area (Å²) in [5, 5.41) is 8.76. The minimum absolute atomic E-state index is 0.334. The van der Waals surface area contributed by atoms with E-state index in [4.69, 9.17) is 5.11 Å². The first-order valence-electron chi connectivity index (χ1n) is 6.02. The predicted molar refractivity (Wildman–Crippen MR) is 72.0 cm³/mol. The topological polar surface area (TPSA) is 77.9 Å². The zero-order chi connectivity index (χ0) is 14.9. The lowest BCUT2D eigenvalue weighted by molar-refractivity contribution is 0.0692. The van der Waals surface area contributed by atoms with E-state index < -0.39 is 21.8 Å². The number of carboxylic acids is 1. The Labute approximate surface area is 116 Å². The van der Waals surface area contributed by atoms with Crippen LogP contribution >= 0.6 is 0 Å². The second-order valence-electron chi connectivity index (χ2n) is 4.62. The Morgan fingerprint density at radius 2 is 1.85 bits per heavy atom. The van der Waals surface area contributed by atoms with Gasteiger partial charge >= 0.3 is 5.97 Å². The number of rotatable bonds is 3. The Morgan fingerprint density at radius 3 is 2.30 bits per heavy atom. The number of sulfonamides is 1. The summed E-state index contributed by atoms with van der Waals surface area (Å²) in [5.41, 5.74) is 0.184. The molecule has 0 amide bonds. The van der Waals surface area contributed by atoms with Gasteiger partial charge in [-0.25, -0.2) is 17.6 Å². The number of halogens is 1. The molecule has 8 heteroatoms. The maximum Gasteiger partial charge on any atom is 0.338 e. The quantitative estimate of drug-likeness (QED) is 0.885. The van der Waals surface area contributed by atoms with Gasteiger partial charge in [0, 0.05) is 31.9 Å². The lowest BCUT2D eigenvalue weighted by Gasteiger charge is -2.34. The first-order valence-corrected chi connectivity index (χ1v) is 7.87. The van der Waals surface area contributed by atoms with Crippen molar-refractivity contribution in [1.82, 2.24) is 4.31 Å². The van der Waals surface area contributed by atoms with Crippen LogP contribution in [0.1, 0.15) is 10.4 Å². The van der Waals surface area contributed by atoms with Crippen LogP contribution in [0, 0.1) is 5.82 Å². The summed E-state index contributed by atoms with van der Waals surface area (Å²) >= 11 is 0. The van der Waals surface area contributed by atoms with Crippen molar-refractivity contribution in [2.75, 3.05) is 37.3 Å². The first kappa shape index (κ1) is 14.7. The number of hydrogen-bond donors (Lipinski definition) is 1. The van der Waals surface area contributed by atoms with Crippen LogP contribution < -0.4 is 4.90 Å². The van der Waals surface area contributed by atoms with E-state index in [1.54, 1.807) is 0 Å². The van der Waals surface area contributed by atoms with Gasteiger partial charge in [-0.1, -0.05) is 0 Å². The molecule has 0 aliphatic carbocycles. The van der Waals surface area contributed by atoms with Crippen molar-refractivity contribution in [3.8, 4) is 0 Å². The number of carbonyl (C=O) groups is 1. The molecule has 1 fully saturated rings. The Morgan fingerprint density at radius 1 is 1.25 bits per heavy atom. The van der Waals surface area contributed by atoms with Gasteiger partial charge in [0.05, 0.1) is 11.8 Å². The third-order valence-electron chi connectivity index (χ3n) is 3.26. The van der Waals surface area contributed by atoms with E-state index in [0.29, 0.717) is 31.9 Å². The van der Waals surface area contributed by atoms with Gasteiger partial charge < -0.3 is 10.0 Å². The monoisotopic (exact) mass is 302 g/mol. The van der Waals surface area contributed by atoms with Crippen LogP contribution in [-0.2, 0) is 10.0 Å². The van der Waals surface area contributed by atoms with E-state index >= 15 is 0 Å². The average Bonchev–Trinajstić information content (AvgIpc) is 2.37. The van der Waals surface area contributed by atoms with Crippen molar-refractivity contribution in [1.29, 1.82) is 0 Å². The molecule has 1 aromatic carbocycles. The molecule has 0 radical (unpaired) electrons. The van der Waals surface area contributed by atoms with Gasteiger partial charge in [-0.05, 0) is 18.2 Å². The van der Waals surface area contributed by atoms with E-state index in [9.17, 15) is 17.6 Å². The van der Waals surface area contributed by atoms with Crippen molar-refractivity contribution in [2.45, 2.75) is 0 Å². The summed E-state index contributed by atoms with van der Waals surface area (Å²) in [5.74, 6) is -2.10. The van der Waals surface area contributed by atoms with Gasteiger partial charge in [-0.2, -0.15) is 4.31 Å². The molecule has 6 nitrogen and oxygen atoms in total. The molecule has 0 saturated carbocycles. The minimum Gasteiger partial charge on any atom is -0.478 e. The molecule has 0 bridgehead atoms. The fourth-order valence-corrected chi connectivity index (χ4v) is 2.98. The number of benzene rings is 1. The minimum atomic E-state index is -3.20. The molecule has 1 aliphatic rings. The molecule has 1 heterocycles. The molecule has 0 unspecified atom stereocenters. The third-order valence-corrected chi connectivity index (χ3v) is 4.56. The van der Waals surface area contributed by atoms with Crippen LogP contribution in [-0.4, -0.2) is 56.2 Å². The maximum absolute atomic E-state index is 13.6. The molecular formula is C12H15FN2O4S. The molecule has 2 rings (SSSR count). The summed E-state index contributed by atoms with van der Waals surface area (Å²) in [4.78, 5) is 12.6. The van der Waals surface area contributed by atoms with Crippen LogP contribution in [0.3, 0.4) is 0 Å². The van der Waals surface area contributed by atoms with Crippen molar-refractivity contribution in [3.63, 3.8) is 0 Å². The Kier molecular flexibility index (Phi) is 3.96. The summed E-state index contributed by atoms with van der Waals surface area (Å²) in [6.07, 6.45) is 1.16. The highest BCUT2D eigenvalue weighted by Gasteiger charge is 2.24. The fourth-order valence-electron chi connectivity index (χ4n) is 2.15. The Balaban J connectivity index is 2.11. The highest BCUT2D eigenvalue weighted by Crippen LogP contribution is 2.20. The van der Waals surface area contributed by atoms with Crippen LogP contribution in [0.15, 0.2) is 18.2 Å². The van der Waals surface area contributed by atoms with E-state index in [1.165, 1.54) is 22.5 Å². The lowest BCUT2D eigenvalue weighted by Crippen LogP contribution is -2.48. The first-order chi connectivity index (χ1) is 9.29. The normalized spacial score (nSPS) is 17.2. The molecule has 1 saturated heterocycles. The van der Waals surface area contributed by atoms with E-state index in [1.807, 2.05) is 4.90 Å². The second-order valence-corrected chi connectivity index (χ2v) is 6.60. The summed E-state index contributed by atoms with van der Waals surface area (Å²) in [6.45, 7) is 1.56. The van der Waals surface area contributed by atoms with Gasteiger partial charge in [0.25, 0.3) is 0 Å². The number of nitrogens with zero attached hydrogens (tertiary/aromatic N) is 2. The van der Waals surface area contributed by atoms with Crippen molar-refractivity contribution >= 4 is 21.7 Å². The molecular weight excluding hydrogens is 287 g/mol. The Bertz CT molecular complexity index is 624. The zero-order valence-corrected chi connectivity index (χ0v) is 11.7. The summed E-state index contributed by atoms with van der Waals surface area (Å²) < 4.78 is 37.7. The van der Waals surface area contributed by atoms with Crippen LogP contribution in [0.5, 0.6) is 0 Å². The lowest BCUT2D eigenvalue weighted by atomic mass is 10.1. The number of hydrogen-bond acceptors (Lipinski definition) is 4. The van der Waals surface area contributed by atoms with Gasteiger partial charge in [-0.3, -0.25) is 0 Å². The SMILES string of the molecule is CS(=O)(=O)N1CCN(c2ccc(C(=O)O)c(F)c2)CC1. The molecule has 0 aromatic heterocycles. The summed E-state index contributed by atoms with van der Waals surface area (Å²) in [6, 6.07) is 3.91. The standard InChI is InChI=1S/C12H15FN2O4S/c1-20(18,19)15-6-4-14(5-7-15)9-2-3-10(12(16)17)11(13)8-9/h2-3,8H,4-7H2,1H3,(H,16,17). The Hall–Kier alpha value is -1.67. The van der Waals surface area contributed by atoms with E-state index in [-0.39, 0.29) is 5.56 Å². The van der Waals surface area contributed by atoms with Gasteiger partial charge in [0.2, 0.25) is 10.0 Å². The number of piperazine rings is 1. The summed E-state index contributed by atoms with van der Waals surface area (Å²) in [7, 11) is -3.20. The fraction of sp³-hybridized carbons (Fsp3) is 0.417. The molecule has 1 N–H and O–H groups in total. The van der Waals surface area contributed by atoms with E-state index in [0.717, 1.165) is 6.26 Å². The average molecular weight is 302 g/mol. The van der Waals surface area contributed by atoms with Crippen molar-refractivity contribution in [3.05, 3.63) is 29.6 Å². The number of carboxylic acid groups (broad SMARTS) is 1. The molecule has 0 atom stereocenters. The van der Waals surface area contributed by atoms with Crippen LogP contribution in [0.2, 0.25) is 0 Å². The van der Waals surface area contributed by atoms with Gasteiger partial charge in [-0.15, -0.1) is 0 Å². The van der Waals surface area contributed by atoms with Crippen LogP contribution in [0.4, 0.5) is 10.1 Å². The predicted octanol–water partition coefficient (Wildman–Crippen LogP) is 0.605.